The van der Waals surface area contributed by atoms with Gasteiger partial charge in [-0.15, -0.1) is 0 Å². The molecule has 4 rings (SSSR count). The van der Waals surface area contributed by atoms with E-state index in [9.17, 15) is 26.3 Å². The van der Waals surface area contributed by atoms with Crippen LogP contribution in [0.15, 0.2) is 65.1 Å². The Labute approximate surface area is 174 Å². The zero-order valence-electron chi connectivity index (χ0n) is 14.8. The van der Waals surface area contributed by atoms with Crippen LogP contribution in [0, 0.1) is 0 Å². The fourth-order valence-corrected chi connectivity index (χ4v) is 3.31. The number of aromatic nitrogens is 3. The van der Waals surface area contributed by atoms with Crippen molar-refractivity contribution in [3.05, 3.63) is 76.4 Å². The monoisotopic (exact) mass is 485 g/mol. The lowest BCUT2D eigenvalue weighted by atomic mass is 10.0. The van der Waals surface area contributed by atoms with Crippen LogP contribution in [-0.4, -0.2) is 14.8 Å². The minimum Gasteiger partial charge on any atom is -0.223 e. The first kappa shape index (κ1) is 20.4. The number of nitrogens with zero attached hydrogens (tertiary/aromatic N) is 3. The molecule has 2 aromatic heterocycles. The van der Waals surface area contributed by atoms with E-state index in [1.165, 1.54) is 24.3 Å². The molecular weight excluding hydrogens is 476 g/mol. The largest absolute Gasteiger partial charge is 0.433 e. The molecule has 0 bridgehead atoms. The minimum atomic E-state index is -5.06. The van der Waals surface area contributed by atoms with E-state index in [1.54, 1.807) is 30.3 Å². The average molecular weight is 486 g/mol. The zero-order valence-corrected chi connectivity index (χ0v) is 16.3. The van der Waals surface area contributed by atoms with Crippen molar-refractivity contribution in [1.29, 1.82) is 0 Å². The predicted octanol–water partition coefficient (Wildman–Crippen LogP) is 6.89. The van der Waals surface area contributed by atoms with E-state index in [0.29, 0.717) is 10.0 Å². The summed E-state index contributed by atoms with van der Waals surface area (Å²) in [5.74, 6) is 0. The molecule has 2 heterocycles. The van der Waals surface area contributed by atoms with Gasteiger partial charge in [0.25, 0.3) is 0 Å². The highest BCUT2D eigenvalue weighted by molar-refractivity contribution is 9.10. The molecule has 2 aromatic carbocycles. The molecule has 0 amide bonds. The molecule has 0 aliphatic carbocycles. The van der Waals surface area contributed by atoms with Crippen molar-refractivity contribution >= 4 is 27.0 Å². The van der Waals surface area contributed by atoms with Crippen LogP contribution in [-0.2, 0) is 12.4 Å². The summed E-state index contributed by atoms with van der Waals surface area (Å²) >= 11 is 3.24. The van der Waals surface area contributed by atoms with Crippen molar-refractivity contribution in [1.82, 2.24) is 14.8 Å². The lowest BCUT2D eigenvalue weighted by Crippen LogP contribution is -2.14. The van der Waals surface area contributed by atoms with Crippen molar-refractivity contribution < 1.29 is 26.3 Å². The third-order valence-corrected chi connectivity index (χ3v) is 4.88. The summed E-state index contributed by atoms with van der Waals surface area (Å²) in [4.78, 5) is 3.53. The maximum Gasteiger partial charge on any atom is 0.433 e. The Kier molecular flexibility index (Phi) is 4.84. The molecule has 0 saturated heterocycles. The van der Waals surface area contributed by atoms with Gasteiger partial charge in [0.05, 0.1) is 16.6 Å². The number of halogens is 7. The van der Waals surface area contributed by atoms with Crippen LogP contribution in [0.3, 0.4) is 0 Å². The molecule has 10 heteroatoms. The quantitative estimate of drug-likeness (QED) is 0.289. The second-order valence-corrected chi connectivity index (χ2v) is 7.27. The van der Waals surface area contributed by atoms with Crippen LogP contribution in [0.1, 0.15) is 11.3 Å². The van der Waals surface area contributed by atoms with Crippen molar-refractivity contribution in [2.45, 2.75) is 12.4 Å². The number of benzene rings is 2. The Hall–Kier alpha value is -2.88. The standard InChI is InChI=1S/C20H10BrF6N3/c21-12-6-8-13(9-7-12)30-18-16(17(29-30)11-4-2-1-3-5-11)14(19(22,23)24)10-15(28-18)20(25,26)27/h1-10H. The van der Waals surface area contributed by atoms with Gasteiger partial charge in [0.2, 0.25) is 0 Å². The van der Waals surface area contributed by atoms with Crippen molar-refractivity contribution in [2.75, 3.05) is 0 Å². The summed E-state index contributed by atoms with van der Waals surface area (Å²) in [6.45, 7) is 0. The summed E-state index contributed by atoms with van der Waals surface area (Å²) in [5, 5.41) is 3.73. The van der Waals surface area contributed by atoms with E-state index in [-0.39, 0.29) is 17.4 Å². The lowest BCUT2D eigenvalue weighted by molar-refractivity contribution is -0.144. The fraction of sp³-hybridized carbons (Fsp3) is 0.100. The second-order valence-electron chi connectivity index (χ2n) is 6.35. The summed E-state index contributed by atoms with van der Waals surface area (Å²) < 4.78 is 83.1. The SMILES string of the molecule is FC(F)(F)c1cc(C(F)(F)F)c2c(-c3ccccc3)nn(-c3ccc(Br)cc3)c2n1. The third-order valence-electron chi connectivity index (χ3n) is 4.35. The van der Waals surface area contributed by atoms with Gasteiger partial charge < -0.3 is 0 Å². The van der Waals surface area contributed by atoms with Gasteiger partial charge in [-0.3, -0.25) is 0 Å². The number of hydrogen-bond donors (Lipinski definition) is 0. The lowest BCUT2D eigenvalue weighted by Gasteiger charge is -2.13. The Bertz CT molecular complexity index is 1210. The third kappa shape index (κ3) is 3.67. The van der Waals surface area contributed by atoms with Crippen LogP contribution in [0.5, 0.6) is 0 Å². The summed E-state index contributed by atoms with van der Waals surface area (Å²) in [6, 6.07) is 14.2. The second kappa shape index (κ2) is 7.12. The van der Waals surface area contributed by atoms with Gasteiger partial charge in [0.15, 0.2) is 5.65 Å². The summed E-state index contributed by atoms with van der Waals surface area (Å²) in [6.07, 6.45) is -10.1. The minimum absolute atomic E-state index is 0.0301. The first-order valence-electron chi connectivity index (χ1n) is 8.45. The molecule has 0 aliphatic heterocycles. The van der Waals surface area contributed by atoms with Gasteiger partial charge in [-0.25, -0.2) is 9.67 Å². The Morgan fingerprint density at radius 2 is 1.43 bits per heavy atom. The maximum atomic E-state index is 13.8. The molecule has 154 valence electrons. The van der Waals surface area contributed by atoms with Gasteiger partial charge in [-0.05, 0) is 30.3 Å². The first-order valence-corrected chi connectivity index (χ1v) is 9.24. The predicted molar refractivity (Wildman–Crippen MR) is 102 cm³/mol. The van der Waals surface area contributed by atoms with E-state index in [0.717, 1.165) is 4.68 Å². The number of fused-ring (bicyclic) bond motifs is 1. The van der Waals surface area contributed by atoms with Gasteiger partial charge in [0, 0.05) is 10.0 Å². The Morgan fingerprint density at radius 1 is 0.800 bits per heavy atom. The van der Waals surface area contributed by atoms with E-state index in [1.807, 2.05) is 0 Å². The number of pyridine rings is 1. The summed E-state index contributed by atoms with van der Waals surface area (Å²) in [7, 11) is 0. The molecule has 0 radical (unpaired) electrons. The Balaban J connectivity index is 2.15. The number of hydrogen-bond acceptors (Lipinski definition) is 2. The molecule has 0 saturated carbocycles. The highest BCUT2D eigenvalue weighted by atomic mass is 79.9. The zero-order chi connectivity index (χ0) is 21.7. The highest BCUT2D eigenvalue weighted by Gasteiger charge is 2.41. The van der Waals surface area contributed by atoms with E-state index in [4.69, 9.17) is 0 Å². The summed E-state index contributed by atoms with van der Waals surface area (Å²) in [5.41, 5.74) is -3.13. The molecule has 0 spiro atoms. The van der Waals surface area contributed by atoms with Crippen LogP contribution in [0.25, 0.3) is 28.0 Å². The van der Waals surface area contributed by atoms with E-state index in [2.05, 4.69) is 26.0 Å². The molecule has 0 atom stereocenters. The van der Waals surface area contributed by atoms with Crippen LogP contribution >= 0.6 is 15.9 Å². The van der Waals surface area contributed by atoms with Gasteiger partial charge in [-0.2, -0.15) is 31.4 Å². The van der Waals surface area contributed by atoms with Crippen molar-refractivity contribution in [3.63, 3.8) is 0 Å². The molecule has 0 fully saturated rings. The highest BCUT2D eigenvalue weighted by Crippen LogP contribution is 2.42. The van der Waals surface area contributed by atoms with Crippen LogP contribution < -0.4 is 0 Å². The normalized spacial score (nSPS) is 12.5. The molecular formula is C20H10BrF6N3. The molecule has 0 N–H and O–H groups in total. The van der Waals surface area contributed by atoms with Crippen molar-refractivity contribution in [2.24, 2.45) is 0 Å². The molecule has 4 aromatic rings. The maximum absolute atomic E-state index is 13.8. The van der Waals surface area contributed by atoms with Crippen LogP contribution in [0.2, 0.25) is 0 Å². The topological polar surface area (TPSA) is 30.7 Å². The molecule has 3 nitrogen and oxygen atoms in total. The molecule has 0 unspecified atom stereocenters. The smallest absolute Gasteiger partial charge is 0.223 e. The van der Waals surface area contributed by atoms with Gasteiger partial charge in [0.1, 0.15) is 11.4 Å². The number of rotatable bonds is 2. The van der Waals surface area contributed by atoms with E-state index >= 15 is 0 Å². The van der Waals surface area contributed by atoms with Gasteiger partial charge in [-0.1, -0.05) is 46.3 Å². The van der Waals surface area contributed by atoms with E-state index < -0.39 is 34.6 Å². The van der Waals surface area contributed by atoms with Crippen molar-refractivity contribution in [3.8, 4) is 16.9 Å². The Morgan fingerprint density at radius 3 is 2.00 bits per heavy atom. The average Bonchev–Trinajstić information content (AvgIpc) is 3.07. The number of alkyl halides is 6. The molecule has 0 aliphatic rings. The first-order chi connectivity index (χ1) is 14.1. The van der Waals surface area contributed by atoms with Crippen LogP contribution in [0.4, 0.5) is 26.3 Å². The fourth-order valence-electron chi connectivity index (χ4n) is 3.04. The van der Waals surface area contributed by atoms with Gasteiger partial charge >= 0.3 is 12.4 Å². The molecule has 30 heavy (non-hydrogen) atoms.